The van der Waals surface area contributed by atoms with Gasteiger partial charge in [-0.1, -0.05) is 0 Å². The molecule has 0 amide bonds. The highest BCUT2D eigenvalue weighted by molar-refractivity contribution is 14.1. The quantitative estimate of drug-likeness (QED) is 0.509. The fourth-order valence-corrected chi connectivity index (χ4v) is 1.83. The summed E-state index contributed by atoms with van der Waals surface area (Å²) < 4.78 is 0.555. The van der Waals surface area contributed by atoms with Crippen molar-refractivity contribution in [2.75, 3.05) is 0 Å². The number of nitro groups is 1. The van der Waals surface area contributed by atoms with Crippen LogP contribution in [0, 0.1) is 25.0 Å². The van der Waals surface area contributed by atoms with Crippen molar-refractivity contribution in [2.24, 2.45) is 5.73 Å². The Morgan fingerprint density at radius 2 is 2.29 bits per heavy atom. The average molecular weight is 303 g/mol. The summed E-state index contributed by atoms with van der Waals surface area (Å²) >= 11 is 1.89. The van der Waals surface area contributed by atoms with Gasteiger partial charge in [0.25, 0.3) is 5.69 Å². The molecule has 0 spiro atoms. The Morgan fingerprint density at radius 3 is 2.71 bits per heavy atom. The number of hydrogen-bond acceptors (Lipinski definition) is 4. The highest BCUT2D eigenvalue weighted by Gasteiger charge is 2.13. The van der Waals surface area contributed by atoms with Gasteiger partial charge in [0, 0.05) is 22.2 Å². The van der Waals surface area contributed by atoms with E-state index in [9.17, 15) is 10.1 Å². The Labute approximate surface area is 93.8 Å². The second-order valence-corrected chi connectivity index (χ2v) is 3.70. The predicted octanol–water partition coefficient (Wildman–Crippen LogP) is 1.53. The molecule has 6 heteroatoms. The lowest BCUT2D eigenvalue weighted by molar-refractivity contribution is -0.385. The molecule has 1 aromatic rings. The van der Waals surface area contributed by atoms with Gasteiger partial charge in [-0.2, -0.15) is 5.26 Å². The topological polar surface area (TPSA) is 92.9 Å². The van der Waals surface area contributed by atoms with Crippen LogP contribution in [0.1, 0.15) is 11.1 Å². The fraction of sp³-hybridized carbons (Fsp3) is 0.125. The van der Waals surface area contributed by atoms with Gasteiger partial charge in [0.2, 0.25) is 0 Å². The molecule has 0 unspecified atom stereocenters. The van der Waals surface area contributed by atoms with Crippen molar-refractivity contribution >= 4 is 28.3 Å². The minimum Gasteiger partial charge on any atom is -0.326 e. The van der Waals surface area contributed by atoms with Crippen LogP contribution in [0.2, 0.25) is 0 Å². The molecule has 0 saturated carbocycles. The third-order valence-electron chi connectivity index (χ3n) is 1.70. The maximum Gasteiger partial charge on any atom is 0.270 e. The lowest BCUT2D eigenvalue weighted by Gasteiger charge is -2.02. The summed E-state index contributed by atoms with van der Waals surface area (Å²) in [4.78, 5) is 10.0. The zero-order valence-corrected chi connectivity index (χ0v) is 9.19. The normalized spacial score (nSPS) is 9.50. The molecule has 1 rings (SSSR count). The van der Waals surface area contributed by atoms with Crippen LogP contribution in [-0.2, 0) is 6.54 Å². The summed E-state index contributed by atoms with van der Waals surface area (Å²) in [6.07, 6.45) is 0. The molecule has 0 aliphatic carbocycles. The van der Waals surface area contributed by atoms with Crippen molar-refractivity contribution in [1.29, 1.82) is 5.26 Å². The maximum absolute atomic E-state index is 10.5. The summed E-state index contributed by atoms with van der Waals surface area (Å²) in [6.45, 7) is 0.126. The van der Waals surface area contributed by atoms with E-state index in [4.69, 9.17) is 11.0 Å². The van der Waals surface area contributed by atoms with Gasteiger partial charge >= 0.3 is 0 Å². The molecule has 0 aliphatic rings. The molecule has 72 valence electrons. The van der Waals surface area contributed by atoms with E-state index in [-0.39, 0.29) is 12.2 Å². The van der Waals surface area contributed by atoms with Gasteiger partial charge in [-0.25, -0.2) is 0 Å². The first kappa shape index (κ1) is 10.9. The smallest absolute Gasteiger partial charge is 0.270 e. The van der Waals surface area contributed by atoms with E-state index in [1.165, 1.54) is 12.1 Å². The van der Waals surface area contributed by atoms with Crippen LogP contribution in [-0.4, -0.2) is 4.92 Å². The lowest BCUT2D eigenvalue weighted by Crippen LogP contribution is -2.03. The zero-order chi connectivity index (χ0) is 10.7. The third-order valence-corrected chi connectivity index (χ3v) is 2.55. The Morgan fingerprint density at radius 1 is 1.64 bits per heavy atom. The SMILES string of the molecule is N#Cc1c(I)cc([N+](=O)[O-])cc1CN. The largest absolute Gasteiger partial charge is 0.326 e. The first-order chi connectivity index (χ1) is 6.60. The number of nitrogens with two attached hydrogens (primary N) is 1. The van der Waals surface area contributed by atoms with E-state index in [0.717, 1.165) is 0 Å². The van der Waals surface area contributed by atoms with Crippen LogP contribution in [0.4, 0.5) is 5.69 Å². The Bertz CT molecular complexity index is 425. The number of nitrogens with zero attached hydrogens (tertiary/aromatic N) is 2. The summed E-state index contributed by atoms with van der Waals surface area (Å²) in [5.74, 6) is 0. The number of benzene rings is 1. The van der Waals surface area contributed by atoms with Gasteiger partial charge in [0.15, 0.2) is 0 Å². The summed E-state index contributed by atoms with van der Waals surface area (Å²) in [6, 6.07) is 4.66. The van der Waals surface area contributed by atoms with Crippen molar-refractivity contribution in [1.82, 2.24) is 0 Å². The van der Waals surface area contributed by atoms with Crippen LogP contribution in [0.5, 0.6) is 0 Å². The Balaban J connectivity index is 3.40. The molecule has 0 saturated heterocycles. The molecule has 5 nitrogen and oxygen atoms in total. The number of hydrogen-bond donors (Lipinski definition) is 1. The predicted molar refractivity (Wildman–Crippen MR) is 58.4 cm³/mol. The fourth-order valence-electron chi connectivity index (χ4n) is 1.04. The first-order valence-corrected chi connectivity index (χ1v) is 4.75. The molecular formula is C8H6IN3O2. The van der Waals surface area contributed by atoms with Gasteiger partial charge in [-0.05, 0) is 28.2 Å². The maximum atomic E-state index is 10.5. The summed E-state index contributed by atoms with van der Waals surface area (Å²) in [5.41, 5.74) is 6.27. The summed E-state index contributed by atoms with van der Waals surface area (Å²) in [7, 11) is 0. The van der Waals surface area contributed by atoms with Crippen LogP contribution in [0.15, 0.2) is 12.1 Å². The first-order valence-electron chi connectivity index (χ1n) is 3.67. The van der Waals surface area contributed by atoms with Crippen LogP contribution >= 0.6 is 22.6 Å². The monoisotopic (exact) mass is 303 g/mol. The number of halogens is 1. The van der Waals surface area contributed by atoms with Crippen molar-refractivity contribution < 1.29 is 4.92 Å². The minimum atomic E-state index is -0.498. The number of nitriles is 1. The van der Waals surface area contributed by atoms with E-state index in [1.807, 2.05) is 28.7 Å². The van der Waals surface area contributed by atoms with E-state index >= 15 is 0 Å². The molecule has 14 heavy (non-hydrogen) atoms. The molecule has 0 bridgehead atoms. The zero-order valence-electron chi connectivity index (χ0n) is 7.03. The lowest BCUT2D eigenvalue weighted by atomic mass is 10.1. The highest BCUT2D eigenvalue weighted by Crippen LogP contribution is 2.23. The van der Waals surface area contributed by atoms with Crippen molar-refractivity contribution in [3.05, 3.63) is 36.9 Å². The highest BCUT2D eigenvalue weighted by atomic mass is 127. The molecule has 0 radical (unpaired) electrons. The average Bonchev–Trinajstić information content (AvgIpc) is 2.16. The van der Waals surface area contributed by atoms with Gasteiger partial charge in [0.05, 0.1) is 10.5 Å². The molecule has 0 atom stereocenters. The van der Waals surface area contributed by atoms with Crippen molar-refractivity contribution in [3.63, 3.8) is 0 Å². The molecule has 2 N–H and O–H groups in total. The number of rotatable bonds is 2. The second-order valence-electron chi connectivity index (χ2n) is 2.53. The second kappa shape index (κ2) is 4.34. The molecular weight excluding hydrogens is 297 g/mol. The van der Waals surface area contributed by atoms with Crippen molar-refractivity contribution in [2.45, 2.75) is 6.54 Å². The minimum absolute atomic E-state index is 0.0335. The van der Waals surface area contributed by atoms with Crippen molar-refractivity contribution in [3.8, 4) is 6.07 Å². The molecule has 0 fully saturated rings. The Hall–Kier alpha value is -1.20. The standard InChI is InChI=1S/C8H6IN3O2/c9-8-2-6(12(13)14)1-5(3-10)7(8)4-11/h1-2H,3,10H2. The van der Waals surface area contributed by atoms with Crippen LogP contribution in [0.3, 0.4) is 0 Å². The summed E-state index contributed by atoms with van der Waals surface area (Å²) in [5, 5.41) is 19.3. The molecule has 1 aromatic carbocycles. The van der Waals surface area contributed by atoms with E-state index in [1.54, 1.807) is 0 Å². The third kappa shape index (κ3) is 2.00. The number of non-ortho nitro benzene ring substituents is 1. The van der Waals surface area contributed by atoms with E-state index in [2.05, 4.69) is 0 Å². The molecule has 0 aliphatic heterocycles. The van der Waals surface area contributed by atoms with Gasteiger partial charge < -0.3 is 5.73 Å². The van der Waals surface area contributed by atoms with Gasteiger partial charge in [0.1, 0.15) is 6.07 Å². The molecule has 0 aromatic heterocycles. The Kier molecular flexibility index (Phi) is 3.38. The van der Waals surface area contributed by atoms with Gasteiger partial charge in [-0.15, -0.1) is 0 Å². The van der Waals surface area contributed by atoms with Gasteiger partial charge in [-0.3, -0.25) is 10.1 Å². The molecule has 0 heterocycles. The van der Waals surface area contributed by atoms with Crippen LogP contribution < -0.4 is 5.73 Å². The number of nitro benzene ring substituents is 1. The van der Waals surface area contributed by atoms with E-state index in [0.29, 0.717) is 14.7 Å². The van der Waals surface area contributed by atoms with E-state index < -0.39 is 4.92 Å². The van der Waals surface area contributed by atoms with Crippen LogP contribution in [0.25, 0.3) is 0 Å².